The van der Waals surface area contributed by atoms with Gasteiger partial charge in [-0.2, -0.15) is 5.26 Å². The number of nitrogens with zero attached hydrogens (tertiary/aromatic N) is 1. The Morgan fingerprint density at radius 2 is 2.00 bits per heavy atom. The van der Waals surface area contributed by atoms with Gasteiger partial charge >= 0.3 is 0 Å². The Labute approximate surface area is 143 Å². The van der Waals surface area contributed by atoms with E-state index in [1.54, 1.807) is 42.5 Å². The van der Waals surface area contributed by atoms with Crippen LogP contribution in [0.25, 0.3) is 6.08 Å². The maximum Gasteiger partial charge on any atom is 0.266 e. The number of ether oxygens (including phenoxy) is 1. The fourth-order valence-electron chi connectivity index (χ4n) is 1.86. The van der Waals surface area contributed by atoms with E-state index in [9.17, 15) is 10.1 Å². The molecule has 0 bridgehead atoms. The lowest BCUT2D eigenvalue weighted by Gasteiger charge is -2.10. The van der Waals surface area contributed by atoms with Crippen LogP contribution in [0.5, 0.6) is 5.75 Å². The van der Waals surface area contributed by atoms with Crippen molar-refractivity contribution in [1.29, 1.82) is 5.26 Å². The number of nitriles is 1. The quantitative estimate of drug-likeness (QED) is 0.652. The summed E-state index contributed by atoms with van der Waals surface area (Å²) in [6.07, 6.45) is 1.43. The van der Waals surface area contributed by atoms with Gasteiger partial charge in [-0.1, -0.05) is 41.4 Å². The molecule has 116 valence electrons. The summed E-state index contributed by atoms with van der Waals surface area (Å²) in [4.78, 5) is 12.3. The van der Waals surface area contributed by atoms with E-state index in [4.69, 9.17) is 27.9 Å². The van der Waals surface area contributed by atoms with Crippen LogP contribution in [0.15, 0.2) is 48.0 Å². The molecule has 23 heavy (non-hydrogen) atoms. The predicted molar refractivity (Wildman–Crippen MR) is 91.7 cm³/mol. The summed E-state index contributed by atoms with van der Waals surface area (Å²) in [6.45, 7) is 0. The van der Waals surface area contributed by atoms with Crippen molar-refractivity contribution in [3.63, 3.8) is 0 Å². The molecule has 0 aromatic heterocycles. The molecule has 0 unspecified atom stereocenters. The van der Waals surface area contributed by atoms with Crippen LogP contribution >= 0.6 is 23.2 Å². The smallest absolute Gasteiger partial charge is 0.266 e. The first-order valence-electron chi connectivity index (χ1n) is 6.56. The van der Waals surface area contributed by atoms with Crippen LogP contribution in [0.1, 0.15) is 5.56 Å². The number of rotatable bonds is 4. The van der Waals surface area contributed by atoms with E-state index in [0.29, 0.717) is 27.0 Å². The van der Waals surface area contributed by atoms with Crippen LogP contribution in [0.2, 0.25) is 10.0 Å². The maximum absolute atomic E-state index is 12.3. The summed E-state index contributed by atoms with van der Waals surface area (Å²) in [5.74, 6) is -0.134. The largest absolute Gasteiger partial charge is 0.495 e. The van der Waals surface area contributed by atoms with Gasteiger partial charge in [0.15, 0.2) is 0 Å². The van der Waals surface area contributed by atoms with E-state index in [-0.39, 0.29) is 5.57 Å². The summed E-state index contributed by atoms with van der Waals surface area (Å²) in [5.41, 5.74) is 0.879. The van der Waals surface area contributed by atoms with Gasteiger partial charge in [-0.3, -0.25) is 4.79 Å². The standard InChI is InChI=1S/C17H12Cl2N2O2/c1-23-16-7-6-13(18)9-15(16)21-17(22)12(10-20)8-11-4-2-3-5-14(11)19/h2-9H,1H3,(H,21,22)/b12-8+. The Morgan fingerprint density at radius 1 is 1.26 bits per heavy atom. The van der Waals surface area contributed by atoms with Crippen molar-refractivity contribution in [3.8, 4) is 11.8 Å². The molecule has 0 radical (unpaired) electrons. The van der Waals surface area contributed by atoms with Gasteiger partial charge in [0, 0.05) is 10.0 Å². The number of carbonyl (C=O) groups is 1. The van der Waals surface area contributed by atoms with Crippen molar-refractivity contribution in [2.24, 2.45) is 0 Å². The summed E-state index contributed by atoms with van der Waals surface area (Å²) in [6, 6.07) is 13.6. The number of methoxy groups -OCH3 is 1. The Balaban J connectivity index is 2.30. The fraction of sp³-hybridized carbons (Fsp3) is 0.0588. The Hall–Kier alpha value is -2.48. The van der Waals surface area contributed by atoms with Crippen LogP contribution in [-0.4, -0.2) is 13.0 Å². The van der Waals surface area contributed by atoms with Gasteiger partial charge in [-0.05, 0) is 35.9 Å². The zero-order valence-corrected chi connectivity index (χ0v) is 13.7. The fourth-order valence-corrected chi connectivity index (χ4v) is 2.23. The predicted octanol–water partition coefficient (Wildman–Crippen LogP) is 4.55. The molecule has 0 saturated carbocycles. The van der Waals surface area contributed by atoms with Crippen LogP contribution in [0.3, 0.4) is 0 Å². The number of benzene rings is 2. The van der Waals surface area contributed by atoms with Gasteiger partial charge in [0.1, 0.15) is 17.4 Å². The number of hydrogen-bond acceptors (Lipinski definition) is 3. The second kappa shape index (κ2) is 7.68. The molecule has 0 heterocycles. The van der Waals surface area contributed by atoms with Crippen LogP contribution < -0.4 is 10.1 Å². The maximum atomic E-state index is 12.3. The third kappa shape index (κ3) is 4.26. The minimum atomic E-state index is -0.576. The number of halogens is 2. The van der Waals surface area contributed by atoms with Crippen LogP contribution in [0.4, 0.5) is 5.69 Å². The first-order chi connectivity index (χ1) is 11.0. The van der Waals surface area contributed by atoms with Gasteiger partial charge in [0.2, 0.25) is 0 Å². The molecule has 2 aromatic rings. The molecule has 0 aliphatic carbocycles. The summed E-state index contributed by atoms with van der Waals surface area (Å²) in [5, 5.41) is 12.7. The van der Waals surface area contributed by atoms with Crippen molar-refractivity contribution in [1.82, 2.24) is 0 Å². The number of nitrogens with one attached hydrogen (secondary N) is 1. The van der Waals surface area contributed by atoms with E-state index in [1.165, 1.54) is 13.2 Å². The van der Waals surface area contributed by atoms with E-state index >= 15 is 0 Å². The molecule has 0 fully saturated rings. The van der Waals surface area contributed by atoms with Crippen molar-refractivity contribution < 1.29 is 9.53 Å². The lowest BCUT2D eigenvalue weighted by atomic mass is 10.1. The molecule has 0 aliphatic heterocycles. The summed E-state index contributed by atoms with van der Waals surface area (Å²) >= 11 is 12.0. The highest BCUT2D eigenvalue weighted by Gasteiger charge is 2.13. The molecule has 4 nitrogen and oxygen atoms in total. The molecule has 2 aromatic carbocycles. The summed E-state index contributed by atoms with van der Waals surface area (Å²) in [7, 11) is 1.48. The Morgan fingerprint density at radius 3 is 2.65 bits per heavy atom. The third-order valence-corrected chi connectivity index (χ3v) is 3.56. The second-order valence-corrected chi connectivity index (χ2v) is 5.33. The van der Waals surface area contributed by atoms with E-state index in [0.717, 1.165) is 0 Å². The lowest BCUT2D eigenvalue weighted by Crippen LogP contribution is -2.14. The highest BCUT2D eigenvalue weighted by Crippen LogP contribution is 2.28. The number of anilines is 1. The molecule has 2 rings (SSSR count). The first-order valence-corrected chi connectivity index (χ1v) is 7.32. The monoisotopic (exact) mass is 346 g/mol. The van der Waals surface area contributed by atoms with Crippen LogP contribution in [0, 0.1) is 11.3 Å². The van der Waals surface area contributed by atoms with E-state index in [2.05, 4.69) is 5.32 Å². The van der Waals surface area contributed by atoms with Crippen molar-refractivity contribution in [2.45, 2.75) is 0 Å². The van der Waals surface area contributed by atoms with Crippen LogP contribution in [-0.2, 0) is 4.79 Å². The second-order valence-electron chi connectivity index (χ2n) is 4.49. The Bertz CT molecular complexity index is 810. The number of amides is 1. The highest BCUT2D eigenvalue weighted by molar-refractivity contribution is 6.32. The topological polar surface area (TPSA) is 62.1 Å². The van der Waals surface area contributed by atoms with E-state index in [1.807, 2.05) is 6.07 Å². The summed E-state index contributed by atoms with van der Waals surface area (Å²) < 4.78 is 5.16. The minimum Gasteiger partial charge on any atom is -0.495 e. The zero-order valence-electron chi connectivity index (χ0n) is 12.1. The third-order valence-electron chi connectivity index (χ3n) is 2.98. The highest BCUT2D eigenvalue weighted by atomic mass is 35.5. The van der Waals surface area contributed by atoms with Gasteiger partial charge in [-0.15, -0.1) is 0 Å². The average molecular weight is 347 g/mol. The molecule has 0 spiro atoms. The van der Waals surface area contributed by atoms with Gasteiger partial charge < -0.3 is 10.1 Å². The Kier molecular flexibility index (Phi) is 5.64. The molecule has 1 amide bonds. The molecular formula is C17H12Cl2N2O2. The minimum absolute atomic E-state index is 0.0832. The van der Waals surface area contributed by atoms with Crippen molar-refractivity contribution >= 4 is 40.9 Å². The molecule has 6 heteroatoms. The van der Waals surface area contributed by atoms with Gasteiger partial charge in [0.05, 0.1) is 12.8 Å². The van der Waals surface area contributed by atoms with E-state index < -0.39 is 5.91 Å². The normalized spacial score (nSPS) is 10.8. The molecule has 0 atom stereocenters. The molecular weight excluding hydrogens is 335 g/mol. The zero-order chi connectivity index (χ0) is 16.8. The number of hydrogen-bond donors (Lipinski definition) is 1. The van der Waals surface area contributed by atoms with Crippen molar-refractivity contribution in [3.05, 3.63) is 63.6 Å². The molecule has 1 N–H and O–H groups in total. The average Bonchev–Trinajstić information content (AvgIpc) is 2.54. The van der Waals surface area contributed by atoms with Gasteiger partial charge in [-0.25, -0.2) is 0 Å². The first kappa shape index (κ1) is 16.9. The molecule has 0 saturated heterocycles. The molecule has 0 aliphatic rings. The SMILES string of the molecule is COc1ccc(Cl)cc1NC(=O)/C(C#N)=C/c1ccccc1Cl. The number of carbonyl (C=O) groups excluding carboxylic acids is 1. The van der Waals surface area contributed by atoms with Gasteiger partial charge in [0.25, 0.3) is 5.91 Å². The lowest BCUT2D eigenvalue weighted by molar-refractivity contribution is -0.112. The van der Waals surface area contributed by atoms with Crippen molar-refractivity contribution in [2.75, 3.05) is 12.4 Å².